The average molecular weight is 415 g/mol. The van der Waals surface area contributed by atoms with Crippen molar-refractivity contribution in [1.82, 2.24) is 9.88 Å². The summed E-state index contributed by atoms with van der Waals surface area (Å²) in [7, 11) is 0. The second-order valence-electron chi connectivity index (χ2n) is 7.97. The molecule has 1 N–H and O–H groups in total. The van der Waals surface area contributed by atoms with E-state index in [0.29, 0.717) is 11.1 Å². The summed E-state index contributed by atoms with van der Waals surface area (Å²) in [4.78, 5) is 0. The summed E-state index contributed by atoms with van der Waals surface area (Å²) in [5.74, 6) is 0. The summed E-state index contributed by atoms with van der Waals surface area (Å²) in [5.41, 5.74) is 5.08. The van der Waals surface area contributed by atoms with E-state index in [1.807, 2.05) is 18.2 Å². The summed E-state index contributed by atoms with van der Waals surface area (Å²) in [5, 5.41) is 6.59. The van der Waals surface area contributed by atoms with Crippen LogP contribution in [0.1, 0.15) is 55.3 Å². The topological polar surface area (TPSA) is 17.0 Å². The number of hydrogen-bond donors (Lipinski definition) is 1. The molecule has 1 aliphatic rings. The number of rotatable bonds is 5. The first kappa shape index (κ1) is 19.8. The van der Waals surface area contributed by atoms with Crippen LogP contribution < -0.4 is 5.32 Å². The van der Waals surface area contributed by atoms with E-state index in [4.69, 9.17) is 23.2 Å². The third-order valence-corrected chi connectivity index (χ3v) is 6.71. The molecule has 2 nitrogen and oxygen atoms in total. The zero-order valence-electron chi connectivity index (χ0n) is 16.5. The number of fused-ring (bicyclic) bond motifs is 1. The molecule has 4 rings (SSSR count). The maximum Gasteiger partial charge on any atom is 0.0493 e. The summed E-state index contributed by atoms with van der Waals surface area (Å²) < 4.78 is 2.38. The Morgan fingerprint density at radius 1 is 1.00 bits per heavy atom. The first-order chi connectivity index (χ1) is 13.6. The van der Waals surface area contributed by atoms with Gasteiger partial charge in [0.15, 0.2) is 0 Å². The van der Waals surface area contributed by atoms with Crippen molar-refractivity contribution in [3.05, 3.63) is 69.3 Å². The smallest absolute Gasteiger partial charge is 0.0493 e. The minimum absolute atomic E-state index is 0.648. The van der Waals surface area contributed by atoms with E-state index in [1.54, 1.807) is 0 Å². The Kier molecular flexibility index (Phi) is 6.30. The molecule has 0 bridgehead atoms. The summed E-state index contributed by atoms with van der Waals surface area (Å²) in [6.07, 6.45) is 8.09. The lowest BCUT2D eigenvalue weighted by molar-refractivity contribution is 0.459. The third-order valence-electron chi connectivity index (χ3n) is 6.13. The standard InChI is InChI=1S/C24H28Cl2N2/c1-17-22(15-27-20-8-4-2-3-5-9-20)21-10-6-7-11-24(21)28(17)16-18-12-13-19(25)14-23(18)26/h6-7,10-14,20,27H,2-5,8-9,15-16H2,1H3. The molecule has 1 saturated carbocycles. The molecular formula is C24H28Cl2N2. The molecule has 148 valence electrons. The second kappa shape index (κ2) is 8.90. The zero-order chi connectivity index (χ0) is 19.5. The van der Waals surface area contributed by atoms with E-state index in [-0.39, 0.29) is 0 Å². The van der Waals surface area contributed by atoms with E-state index in [9.17, 15) is 0 Å². The van der Waals surface area contributed by atoms with E-state index in [1.165, 1.54) is 60.7 Å². The molecule has 1 fully saturated rings. The van der Waals surface area contributed by atoms with Gasteiger partial charge in [-0.25, -0.2) is 0 Å². The lowest BCUT2D eigenvalue weighted by Crippen LogP contribution is -2.28. The van der Waals surface area contributed by atoms with Crippen LogP contribution in [-0.4, -0.2) is 10.6 Å². The van der Waals surface area contributed by atoms with Gasteiger partial charge in [-0.2, -0.15) is 0 Å². The molecule has 3 aromatic rings. The molecule has 0 amide bonds. The van der Waals surface area contributed by atoms with Crippen molar-refractivity contribution in [1.29, 1.82) is 0 Å². The first-order valence-electron chi connectivity index (χ1n) is 10.4. The molecule has 1 aromatic heterocycles. The molecular weight excluding hydrogens is 387 g/mol. The second-order valence-corrected chi connectivity index (χ2v) is 8.82. The zero-order valence-corrected chi connectivity index (χ0v) is 18.0. The highest BCUT2D eigenvalue weighted by molar-refractivity contribution is 6.35. The number of benzene rings is 2. The largest absolute Gasteiger partial charge is 0.340 e. The Bertz CT molecular complexity index is 953. The van der Waals surface area contributed by atoms with Gasteiger partial charge in [-0.15, -0.1) is 0 Å². The van der Waals surface area contributed by atoms with Crippen LogP contribution in [0.3, 0.4) is 0 Å². The lowest BCUT2D eigenvalue weighted by Gasteiger charge is -2.16. The van der Waals surface area contributed by atoms with Gasteiger partial charge in [-0.05, 0) is 49.1 Å². The molecule has 0 unspecified atom stereocenters. The Balaban J connectivity index is 1.63. The van der Waals surface area contributed by atoms with Crippen LogP contribution in [0.4, 0.5) is 0 Å². The maximum atomic E-state index is 6.46. The molecule has 0 saturated heterocycles. The van der Waals surface area contributed by atoms with Gasteiger partial charge in [-0.3, -0.25) is 0 Å². The molecule has 0 spiro atoms. The van der Waals surface area contributed by atoms with Crippen LogP contribution >= 0.6 is 23.2 Å². The van der Waals surface area contributed by atoms with Crippen molar-refractivity contribution in [3.8, 4) is 0 Å². The molecule has 0 radical (unpaired) electrons. The SMILES string of the molecule is Cc1c(CNC2CCCCCC2)c2ccccc2n1Cc1ccc(Cl)cc1Cl. The van der Waals surface area contributed by atoms with Gasteiger partial charge >= 0.3 is 0 Å². The highest BCUT2D eigenvalue weighted by atomic mass is 35.5. The minimum atomic E-state index is 0.648. The fourth-order valence-corrected chi connectivity index (χ4v) is 4.95. The number of halogens is 2. The van der Waals surface area contributed by atoms with E-state index in [2.05, 4.69) is 41.1 Å². The molecule has 2 aromatic carbocycles. The maximum absolute atomic E-state index is 6.46. The van der Waals surface area contributed by atoms with Crippen molar-refractivity contribution in [2.45, 2.75) is 64.6 Å². The highest BCUT2D eigenvalue weighted by Gasteiger charge is 2.17. The van der Waals surface area contributed by atoms with E-state index >= 15 is 0 Å². The normalized spacial score (nSPS) is 15.8. The van der Waals surface area contributed by atoms with Gasteiger partial charge < -0.3 is 9.88 Å². The van der Waals surface area contributed by atoms with Crippen molar-refractivity contribution in [3.63, 3.8) is 0 Å². The van der Waals surface area contributed by atoms with Crippen LogP contribution in [0.5, 0.6) is 0 Å². The summed E-state index contributed by atoms with van der Waals surface area (Å²) in [6, 6.07) is 15.1. The summed E-state index contributed by atoms with van der Waals surface area (Å²) >= 11 is 12.5. The number of para-hydroxylation sites is 1. The molecule has 28 heavy (non-hydrogen) atoms. The fourth-order valence-electron chi connectivity index (χ4n) is 4.48. The van der Waals surface area contributed by atoms with Crippen molar-refractivity contribution in [2.24, 2.45) is 0 Å². The number of nitrogens with zero attached hydrogens (tertiary/aromatic N) is 1. The van der Waals surface area contributed by atoms with Crippen molar-refractivity contribution >= 4 is 34.1 Å². The van der Waals surface area contributed by atoms with Gasteiger partial charge in [-0.1, -0.05) is 73.2 Å². The van der Waals surface area contributed by atoms with Crippen LogP contribution in [-0.2, 0) is 13.1 Å². The Morgan fingerprint density at radius 2 is 1.75 bits per heavy atom. The van der Waals surface area contributed by atoms with Crippen LogP contribution in [0, 0.1) is 6.92 Å². The van der Waals surface area contributed by atoms with E-state index < -0.39 is 0 Å². The highest BCUT2D eigenvalue weighted by Crippen LogP contribution is 2.29. The Morgan fingerprint density at radius 3 is 2.50 bits per heavy atom. The van der Waals surface area contributed by atoms with Gasteiger partial charge in [0.1, 0.15) is 0 Å². The molecule has 0 atom stereocenters. The minimum Gasteiger partial charge on any atom is -0.340 e. The van der Waals surface area contributed by atoms with Crippen molar-refractivity contribution in [2.75, 3.05) is 0 Å². The van der Waals surface area contributed by atoms with Gasteiger partial charge in [0, 0.05) is 45.8 Å². The monoisotopic (exact) mass is 414 g/mol. The Labute approximate surface area is 177 Å². The van der Waals surface area contributed by atoms with Gasteiger partial charge in [0.25, 0.3) is 0 Å². The average Bonchev–Trinajstić information content (AvgIpc) is 2.84. The molecule has 1 aliphatic carbocycles. The number of nitrogens with one attached hydrogen (secondary N) is 1. The Hall–Kier alpha value is -1.48. The number of aromatic nitrogens is 1. The lowest BCUT2D eigenvalue weighted by atomic mass is 10.1. The van der Waals surface area contributed by atoms with Crippen LogP contribution in [0.2, 0.25) is 10.0 Å². The van der Waals surface area contributed by atoms with E-state index in [0.717, 1.165) is 23.7 Å². The quantitative estimate of drug-likeness (QED) is 0.439. The first-order valence-corrected chi connectivity index (χ1v) is 11.1. The summed E-state index contributed by atoms with van der Waals surface area (Å²) in [6.45, 7) is 3.91. The van der Waals surface area contributed by atoms with Gasteiger partial charge in [0.05, 0.1) is 0 Å². The molecule has 0 aliphatic heterocycles. The number of hydrogen-bond acceptors (Lipinski definition) is 1. The fraction of sp³-hybridized carbons (Fsp3) is 0.417. The third kappa shape index (κ3) is 4.25. The van der Waals surface area contributed by atoms with Gasteiger partial charge in [0.2, 0.25) is 0 Å². The van der Waals surface area contributed by atoms with Crippen molar-refractivity contribution < 1.29 is 0 Å². The van der Waals surface area contributed by atoms with Crippen LogP contribution in [0.25, 0.3) is 10.9 Å². The molecule has 4 heteroatoms. The van der Waals surface area contributed by atoms with Crippen LogP contribution in [0.15, 0.2) is 42.5 Å². The molecule has 1 heterocycles. The predicted molar refractivity (Wildman–Crippen MR) is 121 cm³/mol. The predicted octanol–water partition coefficient (Wildman–Crippen LogP) is 7.12.